The summed E-state index contributed by atoms with van der Waals surface area (Å²) in [5, 5.41) is 3.01. The fourth-order valence-corrected chi connectivity index (χ4v) is 2.50. The van der Waals surface area contributed by atoms with Gasteiger partial charge in [0.15, 0.2) is 0 Å². The third-order valence-corrected chi connectivity index (χ3v) is 4.08. The van der Waals surface area contributed by atoms with Crippen molar-refractivity contribution in [2.75, 3.05) is 7.11 Å². The fourth-order valence-electron chi connectivity index (χ4n) is 2.23. The first-order valence-electron chi connectivity index (χ1n) is 7.30. The maximum Gasteiger partial charge on any atom is 0.337 e. The predicted molar refractivity (Wildman–Crippen MR) is 92.4 cm³/mol. The molecule has 120 valence electrons. The van der Waals surface area contributed by atoms with Crippen LogP contribution in [0.3, 0.4) is 0 Å². The number of rotatable bonds is 5. The summed E-state index contributed by atoms with van der Waals surface area (Å²) in [7, 11) is 1.33. The first kappa shape index (κ1) is 17.2. The SMILES string of the molecule is CCC(NC(=O)c1ccc(C(=O)OC)cc1)c1ccc(Br)cc1. The van der Waals surface area contributed by atoms with Crippen LogP contribution in [0.5, 0.6) is 0 Å². The molecule has 1 unspecified atom stereocenters. The van der Waals surface area contributed by atoms with Crippen LogP contribution < -0.4 is 5.32 Å². The minimum Gasteiger partial charge on any atom is -0.465 e. The molecular weight excluding hydrogens is 358 g/mol. The number of halogens is 1. The van der Waals surface area contributed by atoms with Crippen LogP contribution in [0.4, 0.5) is 0 Å². The van der Waals surface area contributed by atoms with Crippen molar-refractivity contribution in [1.29, 1.82) is 0 Å². The molecule has 1 N–H and O–H groups in total. The van der Waals surface area contributed by atoms with E-state index in [1.54, 1.807) is 24.3 Å². The molecule has 0 spiro atoms. The van der Waals surface area contributed by atoms with Crippen molar-refractivity contribution >= 4 is 27.8 Å². The summed E-state index contributed by atoms with van der Waals surface area (Å²) in [6.07, 6.45) is 0.785. The molecule has 2 aromatic carbocycles. The molecule has 23 heavy (non-hydrogen) atoms. The number of hydrogen-bond acceptors (Lipinski definition) is 3. The van der Waals surface area contributed by atoms with Gasteiger partial charge in [-0.15, -0.1) is 0 Å². The fraction of sp³-hybridized carbons (Fsp3) is 0.222. The van der Waals surface area contributed by atoms with Crippen molar-refractivity contribution in [1.82, 2.24) is 5.32 Å². The first-order chi connectivity index (χ1) is 11.0. The van der Waals surface area contributed by atoms with E-state index in [9.17, 15) is 9.59 Å². The Balaban J connectivity index is 2.10. The highest BCUT2D eigenvalue weighted by molar-refractivity contribution is 9.10. The Bertz CT molecular complexity index is 680. The second-order valence-electron chi connectivity index (χ2n) is 5.05. The largest absolute Gasteiger partial charge is 0.465 e. The molecule has 0 saturated heterocycles. The number of carbonyl (C=O) groups excluding carboxylic acids is 2. The highest BCUT2D eigenvalue weighted by Gasteiger charge is 2.14. The minimum atomic E-state index is -0.418. The molecule has 0 saturated carbocycles. The number of amides is 1. The molecule has 4 nitrogen and oxygen atoms in total. The normalized spacial score (nSPS) is 11.6. The van der Waals surface area contributed by atoms with Crippen molar-refractivity contribution in [3.63, 3.8) is 0 Å². The van der Waals surface area contributed by atoms with Crippen molar-refractivity contribution in [2.24, 2.45) is 0 Å². The third kappa shape index (κ3) is 4.42. The molecule has 5 heteroatoms. The first-order valence-corrected chi connectivity index (χ1v) is 8.09. The molecule has 2 rings (SSSR count). The van der Waals surface area contributed by atoms with Crippen molar-refractivity contribution in [3.8, 4) is 0 Å². The van der Waals surface area contributed by atoms with Gasteiger partial charge in [-0.3, -0.25) is 4.79 Å². The Morgan fingerprint density at radius 2 is 1.61 bits per heavy atom. The lowest BCUT2D eigenvalue weighted by Crippen LogP contribution is -2.28. The quantitative estimate of drug-likeness (QED) is 0.799. The molecule has 0 radical (unpaired) electrons. The molecule has 0 aromatic heterocycles. The Hall–Kier alpha value is -2.14. The summed E-state index contributed by atoms with van der Waals surface area (Å²) in [6, 6.07) is 14.2. The van der Waals surface area contributed by atoms with Gasteiger partial charge in [-0.2, -0.15) is 0 Å². The van der Waals surface area contributed by atoms with Gasteiger partial charge >= 0.3 is 5.97 Å². The number of esters is 1. The topological polar surface area (TPSA) is 55.4 Å². The van der Waals surface area contributed by atoms with Crippen LogP contribution in [0.2, 0.25) is 0 Å². The van der Waals surface area contributed by atoms with E-state index in [4.69, 9.17) is 0 Å². The lowest BCUT2D eigenvalue weighted by Gasteiger charge is -2.17. The minimum absolute atomic E-state index is 0.0594. The summed E-state index contributed by atoms with van der Waals surface area (Å²) in [5.74, 6) is -0.588. The van der Waals surface area contributed by atoms with Crippen LogP contribution in [0, 0.1) is 0 Å². The lowest BCUT2D eigenvalue weighted by molar-refractivity contribution is 0.0600. The van der Waals surface area contributed by atoms with Crippen molar-refractivity contribution in [3.05, 3.63) is 69.7 Å². The Kier molecular flexibility index (Phi) is 5.93. The summed E-state index contributed by atoms with van der Waals surface area (Å²) in [5.41, 5.74) is 1.98. The summed E-state index contributed by atoms with van der Waals surface area (Å²) in [4.78, 5) is 23.8. The number of carbonyl (C=O) groups is 2. The Labute approximate surface area is 144 Å². The van der Waals surface area contributed by atoms with Crippen LogP contribution in [0.25, 0.3) is 0 Å². The molecule has 0 heterocycles. The highest BCUT2D eigenvalue weighted by Crippen LogP contribution is 2.20. The van der Waals surface area contributed by atoms with E-state index in [0.29, 0.717) is 11.1 Å². The van der Waals surface area contributed by atoms with Gasteiger partial charge < -0.3 is 10.1 Å². The van der Waals surface area contributed by atoms with Crippen LogP contribution in [0.15, 0.2) is 53.0 Å². The zero-order valence-corrected chi connectivity index (χ0v) is 14.6. The number of hydrogen-bond donors (Lipinski definition) is 1. The molecular formula is C18H18BrNO3. The van der Waals surface area contributed by atoms with Crippen LogP contribution in [0.1, 0.15) is 45.7 Å². The third-order valence-electron chi connectivity index (χ3n) is 3.55. The molecule has 0 aliphatic rings. The van der Waals surface area contributed by atoms with E-state index >= 15 is 0 Å². The standard InChI is InChI=1S/C18H18BrNO3/c1-3-16(12-8-10-15(19)11-9-12)20-17(21)13-4-6-14(7-5-13)18(22)23-2/h4-11,16H,3H2,1-2H3,(H,20,21). The Morgan fingerprint density at radius 3 is 2.13 bits per heavy atom. The van der Waals surface area contributed by atoms with E-state index in [0.717, 1.165) is 16.5 Å². The second kappa shape index (κ2) is 7.92. The summed E-state index contributed by atoms with van der Waals surface area (Å²) >= 11 is 3.40. The van der Waals surface area contributed by atoms with Crippen LogP contribution in [-0.4, -0.2) is 19.0 Å². The maximum absolute atomic E-state index is 12.4. The average molecular weight is 376 g/mol. The van der Waals surface area contributed by atoms with Crippen molar-refractivity contribution in [2.45, 2.75) is 19.4 Å². The van der Waals surface area contributed by atoms with Crippen LogP contribution >= 0.6 is 15.9 Å². The van der Waals surface area contributed by atoms with E-state index in [1.807, 2.05) is 31.2 Å². The number of nitrogens with one attached hydrogen (secondary N) is 1. The Morgan fingerprint density at radius 1 is 1.04 bits per heavy atom. The van der Waals surface area contributed by atoms with Gasteiger partial charge in [0.1, 0.15) is 0 Å². The molecule has 2 aromatic rings. The molecule has 0 aliphatic carbocycles. The zero-order valence-electron chi connectivity index (χ0n) is 13.0. The summed E-state index contributed by atoms with van der Waals surface area (Å²) < 4.78 is 5.64. The van der Waals surface area contributed by atoms with Gasteiger partial charge in [0, 0.05) is 10.0 Å². The van der Waals surface area contributed by atoms with E-state index < -0.39 is 5.97 Å². The van der Waals surface area contributed by atoms with Crippen LogP contribution in [-0.2, 0) is 4.74 Å². The molecule has 0 bridgehead atoms. The monoisotopic (exact) mass is 375 g/mol. The van der Waals surface area contributed by atoms with Gasteiger partial charge in [0.2, 0.25) is 0 Å². The van der Waals surface area contributed by atoms with E-state index in [1.165, 1.54) is 7.11 Å². The predicted octanol–water partition coefficient (Wildman–Crippen LogP) is 4.12. The summed E-state index contributed by atoms with van der Waals surface area (Å²) in [6.45, 7) is 2.02. The number of methoxy groups -OCH3 is 1. The number of benzene rings is 2. The smallest absolute Gasteiger partial charge is 0.337 e. The molecule has 0 fully saturated rings. The number of ether oxygens (including phenoxy) is 1. The second-order valence-corrected chi connectivity index (χ2v) is 5.97. The average Bonchev–Trinajstić information content (AvgIpc) is 2.59. The molecule has 1 atom stereocenters. The lowest BCUT2D eigenvalue weighted by atomic mass is 10.0. The van der Waals surface area contributed by atoms with E-state index in [2.05, 4.69) is 26.0 Å². The van der Waals surface area contributed by atoms with Gasteiger partial charge in [0.05, 0.1) is 18.7 Å². The molecule has 0 aliphatic heterocycles. The van der Waals surface area contributed by atoms with Gasteiger partial charge in [-0.05, 0) is 48.4 Å². The zero-order chi connectivity index (χ0) is 16.8. The highest BCUT2D eigenvalue weighted by atomic mass is 79.9. The molecule has 1 amide bonds. The van der Waals surface area contributed by atoms with Gasteiger partial charge in [-0.1, -0.05) is 35.0 Å². The van der Waals surface area contributed by atoms with Gasteiger partial charge in [0.25, 0.3) is 5.91 Å². The van der Waals surface area contributed by atoms with Gasteiger partial charge in [-0.25, -0.2) is 4.79 Å². The van der Waals surface area contributed by atoms with Crippen molar-refractivity contribution < 1.29 is 14.3 Å². The van der Waals surface area contributed by atoms with E-state index in [-0.39, 0.29) is 11.9 Å². The maximum atomic E-state index is 12.4.